The lowest BCUT2D eigenvalue weighted by molar-refractivity contribution is -0.123. The van der Waals surface area contributed by atoms with Crippen molar-refractivity contribution in [1.29, 1.82) is 0 Å². The number of aromatic nitrogens is 6. The van der Waals surface area contributed by atoms with Gasteiger partial charge in [0.25, 0.3) is 10.0 Å². The van der Waals surface area contributed by atoms with Crippen molar-refractivity contribution >= 4 is 54.4 Å². The molecular weight excluding hydrogens is 608 g/mol. The average molecular weight is 634 g/mol. The van der Waals surface area contributed by atoms with E-state index >= 15 is 0 Å². The molecule has 0 atom stereocenters. The Kier molecular flexibility index (Phi) is 5.81. The van der Waals surface area contributed by atoms with E-state index in [0.717, 1.165) is 11.4 Å². The van der Waals surface area contributed by atoms with Crippen molar-refractivity contribution in [1.82, 2.24) is 28.7 Å². The number of hydrogen-bond donors (Lipinski definition) is 0. The Labute approximate surface area is 244 Å². The lowest BCUT2D eigenvalue weighted by atomic mass is 9.73. The molecular formula is C28H25BrN8O3S. The highest BCUT2D eigenvalue weighted by Crippen LogP contribution is 2.53. The molecule has 0 N–H and O–H groups in total. The van der Waals surface area contributed by atoms with Crippen molar-refractivity contribution in [3.8, 4) is 11.3 Å². The summed E-state index contributed by atoms with van der Waals surface area (Å²) in [6.45, 7) is 1.21. The highest BCUT2D eigenvalue weighted by atomic mass is 79.9. The minimum absolute atomic E-state index is 0.0161. The summed E-state index contributed by atoms with van der Waals surface area (Å²) < 4.78 is 31.9. The molecule has 1 fully saturated rings. The van der Waals surface area contributed by atoms with Crippen LogP contribution in [0.4, 0.5) is 11.5 Å². The van der Waals surface area contributed by atoms with E-state index in [2.05, 4.69) is 40.9 Å². The van der Waals surface area contributed by atoms with E-state index in [4.69, 9.17) is 0 Å². The predicted molar refractivity (Wildman–Crippen MR) is 157 cm³/mol. The van der Waals surface area contributed by atoms with E-state index in [-0.39, 0.29) is 16.4 Å². The summed E-state index contributed by atoms with van der Waals surface area (Å²) in [6.07, 6.45) is 9.32. The van der Waals surface area contributed by atoms with Gasteiger partial charge in [0.15, 0.2) is 5.65 Å². The van der Waals surface area contributed by atoms with Crippen molar-refractivity contribution in [2.75, 3.05) is 29.9 Å². The molecule has 11 nitrogen and oxygen atoms in total. The number of anilines is 2. The van der Waals surface area contributed by atoms with Gasteiger partial charge in [-0.3, -0.25) is 9.48 Å². The number of pyridine rings is 1. The van der Waals surface area contributed by atoms with Gasteiger partial charge in [0.05, 0.1) is 38.6 Å². The van der Waals surface area contributed by atoms with Crippen LogP contribution >= 0.6 is 15.9 Å². The topological polar surface area (TPSA) is 119 Å². The molecule has 0 bridgehead atoms. The first-order valence-electron chi connectivity index (χ1n) is 13.1. The molecule has 7 rings (SSSR count). The van der Waals surface area contributed by atoms with Crippen LogP contribution in [0.3, 0.4) is 0 Å². The molecule has 2 aliphatic heterocycles. The molecule has 5 aromatic rings. The Hall–Kier alpha value is -4.10. The van der Waals surface area contributed by atoms with E-state index in [0.29, 0.717) is 52.7 Å². The number of carbonyl (C=O) groups is 1. The van der Waals surface area contributed by atoms with E-state index in [1.165, 1.54) is 10.3 Å². The van der Waals surface area contributed by atoms with Crippen LogP contribution in [0.5, 0.6) is 0 Å². The smallest absolute Gasteiger partial charge is 0.269 e. The molecule has 13 heteroatoms. The Balaban J connectivity index is 1.48. The third-order valence-corrected chi connectivity index (χ3v) is 10.7. The fourth-order valence-electron chi connectivity index (χ4n) is 6.21. The van der Waals surface area contributed by atoms with Gasteiger partial charge < -0.3 is 9.80 Å². The molecule has 0 saturated carbocycles. The third-order valence-electron chi connectivity index (χ3n) is 8.18. The van der Waals surface area contributed by atoms with E-state index in [1.807, 2.05) is 6.07 Å². The number of halogens is 1. The number of carbonyl (C=O) groups excluding carboxylic acids is 1. The summed E-state index contributed by atoms with van der Waals surface area (Å²) in [4.78, 5) is 31.1. The fourth-order valence-corrected chi connectivity index (χ4v) is 8.63. The van der Waals surface area contributed by atoms with Crippen molar-refractivity contribution in [2.45, 2.75) is 23.2 Å². The SMILES string of the molecule is CN1C(=O)C2(CCN(c3ccncn3)CC2)c2c1cnc1c2c(Br)c(-c2cnn(C)c2)n1S(=O)(=O)c1ccccc1. The summed E-state index contributed by atoms with van der Waals surface area (Å²) >= 11 is 3.79. The van der Waals surface area contributed by atoms with Gasteiger partial charge in [0, 0.05) is 56.1 Å². The molecule has 4 aromatic heterocycles. The number of rotatable bonds is 4. The van der Waals surface area contributed by atoms with Crippen LogP contribution in [0.25, 0.3) is 22.3 Å². The maximum Gasteiger partial charge on any atom is 0.269 e. The molecule has 6 heterocycles. The molecule has 0 radical (unpaired) electrons. The number of hydrogen-bond acceptors (Lipinski definition) is 8. The Morgan fingerprint density at radius 1 is 1.00 bits per heavy atom. The van der Waals surface area contributed by atoms with Crippen LogP contribution in [0, 0.1) is 0 Å². The quantitative estimate of drug-likeness (QED) is 0.294. The summed E-state index contributed by atoms with van der Waals surface area (Å²) in [5, 5.41) is 4.93. The lowest BCUT2D eigenvalue weighted by Crippen LogP contribution is -2.48. The number of amides is 1. The maximum atomic E-state index is 14.2. The van der Waals surface area contributed by atoms with Crippen LogP contribution in [0.2, 0.25) is 0 Å². The standard InChI is InChI=1S/C28H25BrN8O3S/c1-34-16-18(14-33-34)25-24(29)22-23-20(15-31-26(22)37(25)41(39,40)19-6-4-3-5-7-19)35(2)27(38)28(23)9-12-36(13-10-28)21-8-11-30-17-32-21/h3-8,11,14-17H,9-10,12-13H2,1-2H3. The Morgan fingerprint density at radius 3 is 2.41 bits per heavy atom. The second-order valence-electron chi connectivity index (χ2n) is 10.4. The molecule has 1 saturated heterocycles. The van der Waals surface area contributed by atoms with E-state index in [9.17, 15) is 13.2 Å². The number of piperidine rings is 1. The van der Waals surface area contributed by atoms with Gasteiger partial charge in [-0.2, -0.15) is 5.10 Å². The second kappa shape index (κ2) is 9.21. The lowest BCUT2D eigenvalue weighted by Gasteiger charge is -2.39. The van der Waals surface area contributed by atoms with Crippen molar-refractivity contribution in [2.24, 2.45) is 7.05 Å². The zero-order chi connectivity index (χ0) is 28.5. The van der Waals surface area contributed by atoms with Gasteiger partial charge in [-0.05, 0) is 47.0 Å². The fraction of sp³-hybridized carbons (Fsp3) is 0.250. The maximum absolute atomic E-state index is 14.2. The summed E-state index contributed by atoms with van der Waals surface area (Å²) in [6, 6.07) is 10.2. The molecule has 2 aliphatic rings. The predicted octanol–water partition coefficient (Wildman–Crippen LogP) is 3.74. The zero-order valence-electron chi connectivity index (χ0n) is 22.3. The number of likely N-dealkylation sites (N-methyl/N-ethyl adjacent to an activating group) is 1. The first-order valence-corrected chi connectivity index (χ1v) is 15.3. The van der Waals surface area contributed by atoms with E-state index < -0.39 is 15.4 Å². The molecule has 1 spiro atoms. The summed E-state index contributed by atoms with van der Waals surface area (Å²) in [5.74, 6) is 0.798. The largest absolute Gasteiger partial charge is 0.356 e. The number of aryl methyl sites for hydroxylation is 1. The summed E-state index contributed by atoms with van der Waals surface area (Å²) in [7, 11) is -0.544. The van der Waals surface area contributed by atoms with Gasteiger partial charge in [-0.15, -0.1) is 0 Å². The van der Waals surface area contributed by atoms with Crippen LogP contribution < -0.4 is 9.80 Å². The van der Waals surface area contributed by atoms with Crippen LogP contribution in [0.1, 0.15) is 18.4 Å². The van der Waals surface area contributed by atoms with Gasteiger partial charge in [-0.1, -0.05) is 18.2 Å². The van der Waals surface area contributed by atoms with Crippen molar-refractivity contribution in [3.63, 3.8) is 0 Å². The number of nitrogens with zero attached hydrogens (tertiary/aromatic N) is 8. The van der Waals surface area contributed by atoms with Crippen LogP contribution in [-0.2, 0) is 27.3 Å². The van der Waals surface area contributed by atoms with Gasteiger partial charge in [0.1, 0.15) is 12.1 Å². The minimum Gasteiger partial charge on any atom is -0.356 e. The van der Waals surface area contributed by atoms with Crippen molar-refractivity contribution < 1.29 is 13.2 Å². The molecule has 1 amide bonds. The third kappa shape index (κ3) is 3.68. The van der Waals surface area contributed by atoms with Crippen LogP contribution in [0.15, 0.2) is 76.9 Å². The first kappa shape index (κ1) is 25.8. The second-order valence-corrected chi connectivity index (χ2v) is 12.9. The average Bonchev–Trinajstić information content (AvgIpc) is 3.62. The minimum atomic E-state index is -4.08. The van der Waals surface area contributed by atoms with E-state index in [1.54, 1.807) is 78.8 Å². The highest BCUT2D eigenvalue weighted by molar-refractivity contribution is 9.10. The van der Waals surface area contributed by atoms with Crippen LogP contribution in [-0.4, -0.2) is 63.2 Å². The first-order chi connectivity index (χ1) is 19.7. The molecule has 1 aromatic carbocycles. The number of benzene rings is 1. The van der Waals surface area contributed by atoms with Gasteiger partial charge in [-0.25, -0.2) is 27.3 Å². The molecule has 0 aliphatic carbocycles. The zero-order valence-corrected chi connectivity index (χ0v) is 24.7. The van der Waals surface area contributed by atoms with Gasteiger partial charge >= 0.3 is 0 Å². The number of fused-ring (bicyclic) bond motifs is 4. The molecule has 0 unspecified atom stereocenters. The Morgan fingerprint density at radius 2 is 1.76 bits per heavy atom. The summed E-state index contributed by atoms with van der Waals surface area (Å²) in [5.41, 5.74) is 1.93. The monoisotopic (exact) mass is 632 g/mol. The molecule has 208 valence electrons. The highest BCUT2D eigenvalue weighted by Gasteiger charge is 2.53. The van der Waals surface area contributed by atoms with Crippen molar-refractivity contribution in [3.05, 3.63) is 77.5 Å². The normalized spacial score (nSPS) is 16.6. The molecule has 41 heavy (non-hydrogen) atoms. The van der Waals surface area contributed by atoms with Gasteiger partial charge in [0.2, 0.25) is 5.91 Å². The Bertz CT molecular complexity index is 1930.